The molecule has 0 aliphatic carbocycles. The van der Waals surface area contributed by atoms with E-state index >= 15 is 0 Å². The number of hydrogen-bond acceptors (Lipinski definition) is 3. The van der Waals surface area contributed by atoms with Gasteiger partial charge in [-0.25, -0.2) is 0 Å². The number of anilines is 2. The average Bonchev–Trinajstić information content (AvgIpc) is 2.45. The molecule has 0 saturated carbocycles. The number of rotatable bonds is 5. The Bertz CT molecular complexity index is 626. The molecule has 0 aliphatic rings. The van der Waals surface area contributed by atoms with Crippen molar-refractivity contribution in [1.82, 2.24) is 0 Å². The van der Waals surface area contributed by atoms with E-state index in [4.69, 9.17) is 17.3 Å². The van der Waals surface area contributed by atoms with Crippen LogP contribution in [0, 0.1) is 6.92 Å². The van der Waals surface area contributed by atoms with Crippen molar-refractivity contribution in [3.05, 3.63) is 58.6 Å². The Morgan fingerprint density at radius 3 is 2.71 bits per heavy atom. The van der Waals surface area contributed by atoms with Gasteiger partial charge in [0.15, 0.2) is 0 Å². The number of nitrogens with one attached hydrogen (secondary N) is 1. The number of aryl methyl sites for hydroxylation is 1. The van der Waals surface area contributed by atoms with Gasteiger partial charge in [-0.2, -0.15) is 0 Å². The van der Waals surface area contributed by atoms with E-state index in [9.17, 15) is 4.79 Å². The first-order chi connectivity index (χ1) is 10.1. The molecular formula is C16H17ClN2OS. The minimum absolute atomic E-state index is 0.0620. The van der Waals surface area contributed by atoms with E-state index in [1.807, 2.05) is 43.3 Å². The van der Waals surface area contributed by atoms with E-state index in [1.165, 1.54) is 11.8 Å². The normalized spacial score (nSPS) is 10.4. The molecule has 0 unspecified atom stereocenters. The van der Waals surface area contributed by atoms with Gasteiger partial charge in [-0.05, 0) is 30.2 Å². The van der Waals surface area contributed by atoms with E-state index in [1.54, 1.807) is 6.07 Å². The third kappa shape index (κ3) is 4.41. The lowest BCUT2D eigenvalue weighted by molar-refractivity contribution is -0.113. The Morgan fingerprint density at radius 2 is 2.00 bits per heavy atom. The summed E-state index contributed by atoms with van der Waals surface area (Å²) < 4.78 is 0. The van der Waals surface area contributed by atoms with Crippen LogP contribution in [-0.4, -0.2) is 11.7 Å². The van der Waals surface area contributed by atoms with Crippen molar-refractivity contribution in [2.24, 2.45) is 0 Å². The van der Waals surface area contributed by atoms with E-state index in [-0.39, 0.29) is 5.91 Å². The number of amides is 1. The molecule has 0 atom stereocenters. The molecule has 0 heterocycles. The summed E-state index contributed by atoms with van der Waals surface area (Å²) >= 11 is 7.60. The molecule has 3 N–H and O–H groups in total. The molecule has 0 fully saturated rings. The van der Waals surface area contributed by atoms with Crippen molar-refractivity contribution in [2.75, 3.05) is 16.8 Å². The number of carbonyl (C=O) groups excluding carboxylic acids is 1. The fourth-order valence-corrected chi connectivity index (χ4v) is 3.02. The quantitative estimate of drug-likeness (QED) is 0.815. The van der Waals surface area contributed by atoms with Crippen LogP contribution < -0.4 is 11.1 Å². The second kappa shape index (κ2) is 7.38. The summed E-state index contributed by atoms with van der Waals surface area (Å²) in [7, 11) is 0. The monoisotopic (exact) mass is 320 g/mol. The maximum atomic E-state index is 12.0. The second-order valence-electron chi connectivity index (χ2n) is 4.67. The topological polar surface area (TPSA) is 55.1 Å². The first-order valence-electron chi connectivity index (χ1n) is 6.54. The van der Waals surface area contributed by atoms with Gasteiger partial charge in [0.2, 0.25) is 5.91 Å². The molecule has 0 radical (unpaired) electrons. The van der Waals surface area contributed by atoms with Gasteiger partial charge >= 0.3 is 0 Å². The summed E-state index contributed by atoms with van der Waals surface area (Å²) in [5.74, 6) is 1.00. The van der Waals surface area contributed by atoms with Gasteiger partial charge in [-0.15, -0.1) is 11.8 Å². The lowest BCUT2D eigenvalue weighted by Crippen LogP contribution is -2.16. The van der Waals surface area contributed by atoms with Crippen LogP contribution in [0.2, 0.25) is 5.02 Å². The third-order valence-corrected chi connectivity index (χ3v) is 4.37. The van der Waals surface area contributed by atoms with E-state index in [2.05, 4.69) is 5.32 Å². The molecule has 5 heteroatoms. The second-order valence-corrected chi connectivity index (χ2v) is 6.06. The number of nitrogens with two attached hydrogens (primary N) is 1. The Kier molecular flexibility index (Phi) is 5.53. The van der Waals surface area contributed by atoms with Crippen molar-refractivity contribution >= 4 is 40.6 Å². The van der Waals surface area contributed by atoms with Gasteiger partial charge in [0.1, 0.15) is 0 Å². The van der Waals surface area contributed by atoms with Crippen LogP contribution in [0.25, 0.3) is 0 Å². The Balaban J connectivity index is 1.87. The smallest absolute Gasteiger partial charge is 0.234 e. The summed E-state index contributed by atoms with van der Waals surface area (Å²) in [6, 6.07) is 13.2. The van der Waals surface area contributed by atoms with E-state index in [0.717, 1.165) is 16.1 Å². The number of halogens is 1. The first-order valence-corrected chi connectivity index (χ1v) is 8.07. The molecular weight excluding hydrogens is 304 g/mol. The molecule has 1 amide bonds. The number of para-hydroxylation sites is 1. The Labute approximate surface area is 133 Å². The molecule has 0 bridgehead atoms. The fourth-order valence-electron chi connectivity index (χ4n) is 1.91. The summed E-state index contributed by atoms with van der Waals surface area (Å²) in [5.41, 5.74) is 9.14. The minimum atomic E-state index is -0.0620. The van der Waals surface area contributed by atoms with Crippen LogP contribution in [-0.2, 0) is 10.5 Å². The molecule has 2 rings (SSSR count). The van der Waals surface area contributed by atoms with Gasteiger partial charge in [0.05, 0.1) is 17.1 Å². The van der Waals surface area contributed by atoms with Crippen LogP contribution in [0.15, 0.2) is 42.5 Å². The number of carbonyl (C=O) groups is 1. The van der Waals surface area contributed by atoms with Crippen LogP contribution in [0.1, 0.15) is 11.1 Å². The summed E-state index contributed by atoms with van der Waals surface area (Å²) in [4.78, 5) is 12.0. The summed E-state index contributed by atoms with van der Waals surface area (Å²) in [6.45, 7) is 1.92. The van der Waals surface area contributed by atoms with E-state index < -0.39 is 0 Å². The number of nitrogen functional groups attached to an aromatic ring is 1. The van der Waals surface area contributed by atoms with Crippen molar-refractivity contribution in [3.63, 3.8) is 0 Å². The number of hydrogen-bond donors (Lipinski definition) is 2. The van der Waals surface area contributed by atoms with Crippen LogP contribution >= 0.6 is 23.4 Å². The minimum Gasteiger partial charge on any atom is -0.397 e. The lowest BCUT2D eigenvalue weighted by Gasteiger charge is -2.11. The van der Waals surface area contributed by atoms with Gasteiger partial charge < -0.3 is 11.1 Å². The van der Waals surface area contributed by atoms with Crippen LogP contribution in [0.4, 0.5) is 11.4 Å². The van der Waals surface area contributed by atoms with Crippen molar-refractivity contribution in [3.8, 4) is 0 Å². The predicted octanol–water partition coefficient (Wildman–Crippen LogP) is 4.10. The molecule has 2 aromatic rings. The van der Waals surface area contributed by atoms with Crippen molar-refractivity contribution < 1.29 is 4.79 Å². The zero-order chi connectivity index (χ0) is 15.2. The highest BCUT2D eigenvalue weighted by Gasteiger charge is 2.08. The fraction of sp³-hybridized carbons (Fsp3) is 0.188. The maximum absolute atomic E-state index is 12.0. The van der Waals surface area contributed by atoms with Gasteiger partial charge in [-0.1, -0.05) is 41.9 Å². The largest absolute Gasteiger partial charge is 0.397 e. The van der Waals surface area contributed by atoms with Gasteiger partial charge in [0.25, 0.3) is 0 Å². The molecule has 3 nitrogen and oxygen atoms in total. The maximum Gasteiger partial charge on any atom is 0.234 e. The SMILES string of the molecule is Cc1cccc(N)c1NC(=O)CSCc1ccccc1Cl. The zero-order valence-corrected chi connectivity index (χ0v) is 13.3. The highest BCUT2D eigenvalue weighted by Crippen LogP contribution is 2.24. The summed E-state index contributed by atoms with van der Waals surface area (Å²) in [5, 5.41) is 3.59. The van der Waals surface area contributed by atoms with Crippen molar-refractivity contribution in [2.45, 2.75) is 12.7 Å². The number of thioether (sulfide) groups is 1. The van der Waals surface area contributed by atoms with Crippen LogP contribution in [0.3, 0.4) is 0 Å². The Morgan fingerprint density at radius 1 is 1.24 bits per heavy atom. The number of benzene rings is 2. The third-order valence-electron chi connectivity index (χ3n) is 3.02. The molecule has 2 aromatic carbocycles. The van der Waals surface area contributed by atoms with Gasteiger partial charge in [0, 0.05) is 10.8 Å². The Hall–Kier alpha value is -1.65. The molecule has 0 aliphatic heterocycles. The highest BCUT2D eigenvalue weighted by atomic mass is 35.5. The van der Waals surface area contributed by atoms with E-state index in [0.29, 0.717) is 22.9 Å². The highest BCUT2D eigenvalue weighted by molar-refractivity contribution is 7.99. The molecule has 0 spiro atoms. The average molecular weight is 321 g/mol. The zero-order valence-electron chi connectivity index (χ0n) is 11.7. The predicted molar refractivity (Wildman–Crippen MR) is 91.8 cm³/mol. The molecule has 0 saturated heterocycles. The van der Waals surface area contributed by atoms with Gasteiger partial charge in [-0.3, -0.25) is 4.79 Å². The first kappa shape index (κ1) is 15.7. The standard InChI is InChI=1S/C16H17ClN2OS/c1-11-5-4-8-14(18)16(11)19-15(20)10-21-9-12-6-2-3-7-13(12)17/h2-8H,9-10,18H2,1H3,(H,19,20). The van der Waals surface area contributed by atoms with Crippen molar-refractivity contribution in [1.29, 1.82) is 0 Å². The van der Waals surface area contributed by atoms with Crippen LogP contribution in [0.5, 0.6) is 0 Å². The molecule has 0 aromatic heterocycles. The molecule has 21 heavy (non-hydrogen) atoms. The lowest BCUT2D eigenvalue weighted by atomic mass is 10.1. The molecule has 110 valence electrons. The summed E-state index contributed by atoms with van der Waals surface area (Å²) in [6.07, 6.45) is 0.